The predicted molar refractivity (Wildman–Crippen MR) is 104 cm³/mol. The average molecular weight is 392 g/mol. The second-order valence-corrected chi connectivity index (χ2v) is 5.86. The van der Waals surface area contributed by atoms with Crippen LogP contribution in [0.4, 0.5) is 5.69 Å². The van der Waals surface area contributed by atoms with Crippen LogP contribution in [-0.4, -0.2) is 25.2 Å². The maximum atomic E-state index is 12.5. The van der Waals surface area contributed by atoms with E-state index >= 15 is 0 Å². The summed E-state index contributed by atoms with van der Waals surface area (Å²) < 4.78 is 10.6. The summed E-state index contributed by atoms with van der Waals surface area (Å²) in [6.45, 7) is 0.998. The van der Waals surface area contributed by atoms with E-state index < -0.39 is 0 Å². The largest absolute Gasteiger partial charge is 0.454 e. The smallest absolute Gasteiger partial charge is 0.253 e. The lowest BCUT2D eigenvalue weighted by Gasteiger charge is -2.11. The van der Waals surface area contributed by atoms with Gasteiger partial charge < -0.3 is 25.8 Å². The first kappa shape index (κ1) is 20.5. The highest BCUT2D eigenvalue weighted by Gasteiger charge is 2.15. The number of halogens is 1. The number of rotatable bonds is 7. The number of benzene rings is 2. The third-order valence-corrected chi connectivity index (χ3v) is 3.94. The zero-order valence-corrected chi connectivity index (χ0v) is 15.5. The van der Waals surface area contributed by atoms with Gasteiger partial charge in [-0.25, -0.2) is 0 Å². The molecule has 2 aromatic rings. The van der Waals surface area contributed by atoms with Crippen LogP contribution in [0.3, 0.4) is 0 Å². The Labute approximate surface area is 163 Å². The fourth-order valence-corrected chi connectivity index (χ4v) is 2.59. The van der Waals surface area contributed by atoms with Gasteiger partial charge in [-0.15, -0.1) is 12.4 Å². The molecule has 0 radical (unpaired) electrons. The number of hydrogen-bond donors (Lipinski definition) is 3. The highest BCUT2D eigenvalue weighted by atomic mass is 35.5. The summed E-state index contributed by atoms with van der Waals surface area (Å²) in [5.74, 6) is 0.943. The molecule has 1 heterocycles. The Morgan fingerprint density at radius 3 is 2.67 bits per heavy atom. The SMILES string of the molecule is Cl.NCCCC(=O)Nc1ccccc1C(=O)NCc1ccc2c(c1)OCO2. The van der Waals surface area contributed by atoms with Gasteiger partial charge in [0, 0.05) is 13.0 Å². The van der Waals surface area contributed by atoms with Crippen molar-refractivity contribution in [2.24, 2.45) is 5.73 Å². The highest BCUT2D eigenvalue weighted by Crippen LogP contribution is 2.32. The van der Waals surface area contributed by atoms with Crippen molar-refractivity contribution in [3.63, 3.8) is 0 Å². The minimum Gasteiger partial charge on any atom is -0.454 e. The molecule has 0 aliphatic carbocycles. The number of fused-ring (bicyclic) bond motifs is 1. The van der Waals surface area contributed by atoms with Gasteiger partial charge in [0.05, 0.1) is 11.3 Å². The van der Waals surface area contributed by atoms with Crippen LogP contribution in [0.1, 0.15) is 28.8 Å². The normalized spacial score (nSPS) is 11.4. The zero-order valence-electron chi connectivity index (χ0n) is 14.7. The maximum absolute atomic E-state index is 12.5. The monoisotopic (exact) mass is 391 g/mol. The second kappa shape index (κ2) is 9.80. The van der Waals surface area contributed by atoms with E-state index in [1.165, 1.54) is 0 Å². The van der Waals surface area contributed by atoms with E-state index in [4.69, 9.17) is 15.2 Å². The van der Waals surface area contributed by atoms with Crippen molar-refractivity contribution in [1.82, 2.24) is 5.32 Å². The summed E-state index contributed by atoms with van der Waals surface area (Å²) in [4.78, 5) is 24.4. The highest BCUT2D eigenvalue weighted by molar-refractivity contribution is 6.03. The summed E-state index contributed by atoms with van der Waals surface area (Å²) in [5, 5.41) is 5.62. The molecule has 0 saturated heterocycles. The number of carbonyl (C=O) groups is 2. The van der Waals surface area contributed by atoms with Crippen LogP contribution in [0.2, 0.25) is 0 Å². The molecule has 7 nitrogen and oxygen atoms in total. The number of para-hydroxylation sites is 1. The summed E-state index contributed by atoms with van der Waals surface area (Å²) >= 11 is 0. The van der Waals surface area contributed by atoms with Crippen LogP contribution in [0, 0.1) is 0 Å². The Morgan fingerprint density at radius 2 is 1.85 bits per heavy atom. The quantitative estimate of drug-likeness (QED) is 0.672. The Hall–Kier alpha value is -2.77. The zero-order chi connectivity index (χ0) is 18.4. The second-order valence-electron chi connectivity index (χ2n) is 5.86. The predicted octanol–water partition coefficient (Wildman–Crippen LogP) is 2.44. The molecule has 0 aromatic heterocycles. The van der Waals surface area contributed by atoms with Crippen molar-refractivity contribution in [1.29, 1.82) is 0 Å². The van der Waals surface area contributed by atoms with Crippen molar-refractivity contribution >= 4 is 29.9 Å². The summed E-state index contributed by atoms with van der Waals surface area (Å²) in [6.07, 6.45) is 0.925. The summed E-state index contributed by atoms with van der Waals surface area (Å²) in [6, 6.07) is 12.4. The first-order chi connectivity index (χ1) is 12.7. The fourth-order valence-electron chi connectivity index (χ4n) is 2.59. The van der Waals surface area contributed by atoms with Gasteiger partial charge in [0.2, 0.25) is 12.7 Å². The lowest BCUT2D eigenvalue weighted by atomic mass is 10.1. The molecule has 0 spiro atoms. The van der Waals surface area contributed by atoms with Crippen LogP contribution in [0.15, 0.2) is 42.5 Å². The van der Waals surface area contributed by atoms with E-state index in [-0.39, 0.29) is 31.0 Å². The number of hydrogen-bond acceptors (Lipinski definition) is 5. The first-order valence-corrected chi connectivity index (χ1v) is 8.43. The molecule has 3 rings (SSSR count). The fraction of sp³-hybridized carbons (Fsp3) is 0.263. The molecule has 2 amide bonds. The van der Waals surface area contributed by atoms with Gasteiger partial charge in [0.15, 0.2) is 11.5 Å². The third kappa shape index (κ3) is 5.35. The van der Waals surface area contributed by atoms with E-state index in [0.29, 0.717) is 48.7 Å². The van der Waals surface area contributed by atoms with Gasteiger partial charge in [-0.1, -0.05) is 18.2 Å². The molecule has 0 unspecified atom stereocenters. The van der Waals surface area contributed by atoms with Crippen molar-refractivity contribution in [3.05, 3.63) is 53.6 Å². The molecule has 0 atom stereocenters. The molecular formula is C19H22ClN3O4. The van der Waals surface area contributed by atoms with Crippen LogP contribution >= 0.6 is 12.4 Å². The molecular weight excluding hydrogens is 370 g/mol. The number of nitrogens with one attached hydrogen (secondary N) is 2. The number of carbonyl (C=O) groups excluding carboxylic acids is 2. The van der Waals surface area contributed by atoms with E-state index in [1.54, 1.807) is 24.3 Å². The number of nitrogens with two attached hydrogens (primary N) is 1. The molecule has 0 bridgehead atoms. The first-order valence-electron chi connectivity index (χ1n) is 8.43. The van der Waals surface area contributed by atoms with Crippen molar-refractivity contribution in [2.75, 3.05) is 18.7 Å². The van der Waals surface area contributed by atoms with Crippen molar-refractivity contribution in [3.8, 4) is 11.5 Å². The molecule has 2 aromatic carbocycles. The molecule has 0 saturated carbocycles. The molecule has 1 aliphatic rings. The van der Waals surface area contributed by atoms with Gasteiger partial charge in [0.1, 0.15) is 0 Å². The molecule has 4 N–H and O–H groups in total. The number of ether oxygens (including phenoxy) is 2. The Kier molecular flexibility index (Phi) is 7.45. The topological polar surface area (TPSA) is 103 Å². The Bertz CT molecular complexity index is 813. The standard InChI is InChI=1S/C19H21N3O4.ClH/c20-9-3-6-18(23)22-15-5-2-1-4-14(15)19(24)21-11-13-7-8-16-17(10-13)26-12-25-16;/h1-2,4-5,7-8,10H,3,6,9,11-12,20H2,(H,21,24)(H,22,23);1H. The van der Waals surface area contributed by atoms with Gasteiger partial charge in [0.25, 0.3) is 5.91 Å². The van der Waals surface area contributed by atoms with Crippen LogP contribution in [-0.2, 0) is 11.3 Å². The van der Waals surface area contributed by atoms with Crippen LogP contribution in [0.25, 0.3) is 0 Å². The summed E-state index contributed by atoms with van der Waals surface area (Å²) in [7, 11) is 0. The molecule has 8 heteroatoms. The van der Waals surface area contributed by atoms with Crippen molar-refractivity contribution < 1.29 is 19.1 Å². The summed E-state index contributed by atoms with van der Waals surface area (Å²) in [5.41, 5.74) is 7.21. The molecule has 144 valence electrons. The van der Waals surface area contributed by atoms with Gasteiger partial charge in [-0.3, -0.25) is 9.59 Å². The maximum Gasteiger partial charge on any atom is 0.253 e. The van der Waals surface area contributed by atoms with Crippen LogP contribution in [0.5, 0.6) is 11.5 Å². The molecule has 1 aliphatic heterocycles. The minimum atomic E-state index is -0.266. The number of amides is 2. The Balaban J connectivity index is 0.00000261. The Morgan fingerprint density at radius 1 is 1.07 bits per heavy atom. The third-order valence-electron chi connectivity index (χ3n) is 3.94. The molecule has 0 fully saturated rings. The van der Waals surface area contributed by atoms with E-state index in [2.05, 4.69) is 10.6 Å². The van der Waals surface area contributed by atoms with Gasteiger partial charge in [-0.05, 0) is 42.8 Å². The van der Waals surface area contributed by atoms with Gasteiger partial charge in [-0.2, -0.15) is 0 Å². The van der Waals surface area contributed by atoms with Gasteiger partial charge >= 0.3 is 0 Å². The average Bonchev–Trinajstić information content (AvgIpc) is 3.12. The van der Waals surface area contributed by atoms with E-state index in [0.717, 1.165) is 5.56 Å². The van der Waals surface area contributed by atoms with E-state index in [1.807, 2.05) is 18.2 Å². The molecule has 27 heavy (non-hydrogen) atoms. The van der Waals surface area contributed by atoms with E-state index in [9.17, 15) is 9.59 Å². The lowest BCUT2D eigenvalue weighted by Crippen LogP contribution is -2.25. The van der Waals surface area contributed by atoms with Crippen molar-refractivity contribution in [2.45, 2.75) is 19.4 Å². The lowest BCUT2D eigenvalue weighted by molar-refractivity contribution is -0.116. The number of anilines is 1. The van der Waals surface area contributed by atoms with Crippen LogP contribution < -0.4 is 25.8 Å². The minimum absolute atomic E-state index is 0.